The minimum atomic E-state index is -1.18. The van der Waals surface area contributed by atoms with Crippen molar-refractivity contribution in [2.45, 2.75) is 26.3 Å². The summed E-state index contributed by atoms with van der Waals surface area (Å²) >= 11 is 1.59. The number of nitrogens with zero attached hydrogens (tertiary/aromatic N) is 1. The van der Waals surface area contributed by atoms with Gasteiger partial charge in [-0.1, -0.05) is 6.92 Å². The molecule has 2 aromatic rings. The number of nitro groups is 1. The molecule has 0 saturated carbocycles. The number of hydrogen-bond donors (Lipinski definition) is 1. The van der Waals surface area contributed by atoms with Gasteiger partial charge in [0, 0.05) is 21.9 Å². The predicted molar refractivity (Wildman–Crippen MR) is 78.7 cm³/mol. The Balaban J connectivity index is 2.26. The maximum absolute atomic E-state index is 13.7. The zero-order valence-corrected chi connectivity index (χ0v) is 12.3. The summed E-state index contributed by atoms with van der Waals surface area (Å²) in [5, 5.41) is 13.6. The Hall–Kier alpha value is -2.02. The minimum Gasteiger partial charge on any atom is -0.375 e. The summed E-state index contributed by atoms with van der Waals surface area (Å²) in [6.45, 7) is 3.86. The van der Waals surface area contributed by atoms with Crippen molar-refractivity contribution in [3.8, 4) is 0 Å². The van der Waals surface area contributed by atoms with Crippen molar-refractivity contribution >= 4 is 22.7 Å². The first kappa shape index (κ1) is 15.4. The van der Waals surface area contributed by atoms with Crippen molar-refractivity contribution < 1.29 is 13.7 Å². The first-order valence-electron chi connectivity index (χ1n) is 6.41. The molecule has 0 aliphatic heterocycles. The zero-order valence-electron chi connectivity index (χ0n) is 11.5. The third-order valence-corrected chi connectivity index (χ3v) is 4.48. The number of hydrogen-bond acceptors (Lipinski definition) is 4. The van der Waals surface area contributed by atoms with Gasteiger partial charge >= 0.3 is 5.69 Å². The standard InChI is InChI=1S/C14H14F2N2O2S/c1-3-9-4-5-14(21-9)8(2)17-12-7-13(18(19)20)11(16)6-10(12)15/h4-8,17H,3H2,1-2H3. The zero-order chi connectivity index (χ0) is 15.6. The normalized spacial score (nSPS) is 12.2. The second kappa shape index (κ2) is 6.17. The molecule has 0 saturated heterocycles. The van der Waals surface area contributed by atoms with Crippen LogP contribution in [0, 0.1) is 21.7 Å². The number of thiophene rings is 1. The molecule has 1 aromatic heterocycles. The Morgan fingerprint density at radius 2 is 2.05 bits per heavy atom. The fraction of sp³-hybridized carbons (Fsp3) is 0.286. The quantitative estimate of drug-likeness (QED) is 0.645. The highest BCUT2D eigenvalue weighted by Crippen LogP contribution is 2.30. The van der Waals surface area contributed by atoms with E-state index in [4.69, 9.17) is 0 Å². The molecule has 2 rings (SSSR count). The maximum atomic E-state index is 13.7. The van der Waals surface area contributed by atoms with Gasteiger partial charge in [0.1, 0.15) is 5.82 Å². The molecule has 1 atom stereocenters. The second-order valence-electron chi connectivity index (χ2n) is 4.56. The number of rotatable bonds is 5. The van der Waals surface area contributed by atoms with Crippen molar-refractivity contribution in [2.24, 2.45) is 0 Å². The van der Waals surface area contributed by atoms with Gasteiger partial charge in [-0.3, -0.25) is 10.1 Å². The van der Waals surface area contributed by atoms with Crippen molar-refractivity contribution in [2.75, 3.05) is 5.32 Å². The van der Waals surface area contributed by atoms with Gasteiger partial charge in [0.15, 0.2) is 0 Å². The van der Waals surface area contributed by atoms with Gasteiger partial charge in [-0.05, 0) is 25.5 Å². The molecule has 7 heteroatoms. The Morgan fingerprint density at radius 1 is 1.33 bits per heavy atom. The molecule has 0 bridgehead atoms. The molecule has 0 aliphatic rings. The van der Waals surface area contributed by atoms with E-state index in [1.807, 2.05) is 26.0 Å². The van der Waals surface area contributed by atoms with Crippen LogP contribution in [0.25, 0.3) is 0 Å². The fourth-order valence-electron chi connectivity index (χ4n) is 1.91. The average Bonchev–Trinajstić information content (AvgIpc) is 2.90. The SMILES string of the molecule is CCc1ccc(C(C)Nc2cc([N+](=O)[O-])c(F)cc2F)s1. The topological polar surface area (TPSA) is 55.2 Å². The number of anilines is 1. The Bertz CT molecular complexity index is 673. The van der Waals surface area contributed by atoms with Crippen molar-refractivity contribution in [1.82, 2.24) is 0 Å². The van der Waals surface area contributed by atoms with E-state index in [0.29, 0.717) is 6.07 Å². The van der Waals surface area contributed by atoms with E-state index >= 15 is 0 Å². The number of nitrogens with one attached hydrogen (secondary N) is 1. The molecular formula is C14H14F2N2O2S. The number of benzene rings is 1. The predicted octanol–water partition coefficient (Wildman–Crippen LogP) is 4.67. The number of aryl methyl sites for hydroxylation is 1. The molecule has 1 aromatic carbocycles. The van der Waals surface area contributed by atoms with Crippen molar-refractivity contribution in [3.63, 3.8) is 0 Å². The highest BCUT2D eigenvalue weighted by molar-refractivity contribution is 7.12. The third-order valence-electron chi connectivity index (χ3n) is 3.06. The smallest absolute Gasteiger partial charge is 0.307 e. The summed E-state index contributed by atoms with van der Waals surface area (Å²) in [6, 6.07) is 5.10. The largest absolute Gasteiger partial charge is 0.375 e. The van der Waals surface area contributed by atoms with Gasteiger partial charge in [-0.15, -0.1) is 11.3 Å². The van der Waals surface area contributed by atoms with Gasteiger partial charge in [-0.2, -0.15) is 4.39 Å². The molecule has 1 N–H and O–H groups in total. The highest BCUT2D eigenvalue weighted by atomic mass is 32.1. The Kier molecular flexibility index (Phi) is 4.52. The Labute approximate surface area is 124 Å². The summed E-state index contributed by atoms with van der Waals surface area (Å²) in [5.41, 5.74) is -0.825. The third kappa shape index (κ3) is 3.36. The number of halogens is 2. The van der Waals surface area contributed by atoms with E-state index in [1.54, 1.807) is 11.3 Å². The van der Waals surface area contributed by atoms with Gasteiger partial charge in [0.2, 0.25) is 5.82 Å². The molecule has 112 valence electrons. The first-order valence-corrected chi connectivity index (χ1v) is 7.22. The average molecular weight is 312 g/mol. The van der Waals surface area contributed by atoms with Crippen LogP contribution in [0.5, 0.6) is 0 Å². The summed E-state index contributed by atoms with van der Waals surface area (Å²) in [5.74, 6) is -2.03. The maximum Gasteiger partial charge on any atom is 0.307 e. The summed E-state index contributed by atoms with van der Waals surface area (Å²) in [7, 11) is 0. The van der Waals surface area contributed by atoms with Crippen LogP contribution < -0.4 is 5.32 Å². The molecule has 0 fully saturated rings. The lowest BCUT2D eigenvalue weighted by molar-refractivity contribution is -0.387. The monoisotopic (exact) mass is 312 g/mol. The minimum absolute atomic E-state index is 0.0814. The van der Waals surface area contributed by atoms with Crippen LogP contribution in [0.2, 0.25) is 0 Å². The van der Waals surface area contributed by atoms with Crippen LogP contribution in [-0.2, 0) is 6.42 Å². The molecule has 21 heavy (non-hydrogen) atoms. The molecule has 0 spiro atoms. The Morgan fingerprint density at radius 3 is 2.62 bits per heavy atom. The lowest BCUT2D eigenvalue weighted by atomic mass is 10.2. The van der Waals surface area contributed by atoms with Crippen LogP contribution in [0.4, 0.5) is 20.2 Å². The molecule has 0 amide bonds. The second-order valence-corrected chi connectivity index (χ2v) is 5.76. The van der Waals surface area contributed by atoms with E-state index in [-0.39, 0.29) is 11.7 Å². The van der Waals surface area contributed by atoms with Gasteiger partial charge in [0.05, 0.1) is 16.7 Å². The molecular weight excluding hydrogens is 298 g/mol. The first-order chi connectivity index (χ1) is 9.92. The van der Waals surface area contributed by atoms with E-state index in [0.717, 1.165) is 17.4 Å². The van der Waals surface area contributed by atoms with Crippen LogP contribution in [0.1, 0.15) is 29.6 Å². The van der Waals surface area contributed by atoms with Crippen molar-refractivity contribution in [1.29, 1.82) is 0 Å². The summed E-state index contributed by atoms with van der Waals surface area (Å²) in [6.07, 6.45) is 0.910. The van der Waals surface area contributed by atoms with Crippen LogP contribution >= 0.6 is 11.3 Å². The molecule has 0 aliphatic carbocycles. The van der Waals surface area contributed by atoms with E-state index in [9.17, 15) is 18.9 Å². The van der Waals surface area contributed by atoms with Gasteiger partial charge in [0.25, 0.3) is 0 Å². The van der Waals surface area contributed by atoms with E-state index < -0.39 is 22.2 Å². The van der Waals surface area contributed by atoms with Gasteiger partial charge in [-0.25, -0.2) is 4.39 Å². The molecule has 1 unspecified atom stereocenters. The fourth-order valence-corrected chi connectivity index (χ4v) is 2.86. The highest BCUT2D eigenvalue weighted by Gasteiger charge is 2.20. The lowest BCUT2D eigenvalue weighted by Gasteiger charge is -2.14. The van der Waals surface area contributed by atoms with E-state index in [2.05, 4.69) is 5.32 Å². The molecule has 1 heterocycles. The van der Waals surface area contributed by atoms with Crippen molar-refractivity contribution in [3.05, 3.63) is 55.8 Å². The summed E-state index contributed by atoms with van der Waals surface area (Å²) < 4.78 is 27.0. The molecule has 4 nitrogen and oxygen atoms in total. The molecule has 0 radical (unpaired) electrons. The number of nitro benzene ring substituents is 1. The lowest BCUT2D eigenvalue weighted by Crippen LogP contribution is -2.07. The van der Waals surface area contributed by atoms with Gasteiger partial charge < -0.3 is 5.32 Å². The van der Waals surface area contributed by atoms with Crippen LogP contribution in [0.15, 0.2) is 24.3 Å². The van der Waals surface area contributed by atoms with E-state index in [1.165, 1.54) is 4.88 Å². The summed E-state index contributed by atoms with van der Waals surface area (Å²) in [4.78, 5) is 12.0. The van der Waals surface area contributed by atoms with Crippen LogP contribution in [-0.4, -0.2) is 4.92 Å². The van der Waals surface area contributed by atoms with Crippen LogP contribution in [0.3, 0.4) is 0 Å².